The summed E-state index contributed by atoms with van der Waals surface area (Å²) in [7, 11) is 0. The first kappa shape index (κ1) is 13.4. The summed E-state index contributed by atoms with van der Waals surface area (Å²) in [5, 5.41) is 8.89. The maximum absolute atomic E-state index is 8.89. The van der Waals surface area contributed by atoms with Crippen molar-refractivity contribution in [3.63, 3.8) is 0 Å². The van der Waals surface area contributed by atoms with Crippen molar-refractivity contribution in [1.82, 2.24) is 0 Å². The van der Waals surface area contributed by atoms with Crippen molar-refractivity contribution in [3.8, 4) is 0 Å². The van der Waals surface area contributed by atoms with Gasteiger partial charge < -0.3 is 14.8 Å². The molecule has 0 bridgehead atoms. The smallest absolute Gasteiger partial charge is 0.0876 e. The molecule has 2 unspecified atom stereocenters. The molecule has 1 heterocycles. The van der Waals surface area contributed by atoms with Gasteiger partial charge in [-0.15, -0.1) is 0 Å². The molecule has 1 N–H and O–H groups in total. The Kier molecular flexibility index (Phi) is 7.48. The van der Waals surface area contributed by atoms with Crippen molar-refractivity contribution in [1.29, 1.82) is 0 Å². The van der Waals surface area contributed by atoms with E-state index in [0.717, 1.165) is 13.0 Å². The number of hydrogen-bond donors (Lipinski definition) is 1. The minimum absolute atomic E-state index is 0.972. The van der Waals surface area contributed by atoms with Crippen LogP contribution in [-0.4, -0.2) is 25.1 Å². The highest BCUT2D eigenvalue weighted by Crippen LogP contribution is 2.05. The largest absolute Gasteiger partial charge is 0.550 e. The maximum Gasteiger partial charge on any atom is 0.0876 e. The van der Waals surface area contributed by atoms with Gasteiger partial charge in [0.05, 0.1) is 19.1 Å². The van der Waals surface area contributed by atoms with Crippen molar-refractivity contribution in [2.45, 2.75) is 52.5 Å². The Labute approximate surface area is 87.1 Å². The van der Waals surface area contributed by atoms with Crippen LogP contribution >= 0.6 is 0 Å². The lowest BCUT2D eigenvalue weighted by Gasteiger charge is -2.18. The molecule has 0 radical (unpaired) electrons. The summed E-state index contributed by atoms with van der Waals surface area (Å²) >= 11 is 0. The molecule has 1 saturated heterocycles. The first-order chi connectivity index (χ1) is 6.61. The maximum atomic E-state index is 8.89. The number of aliphatic carboxylic acids is 1. The van der Waals surface area contributed by atoms with Gasteiger partial charge in [0.25, 0.3) is 0 Å². The molecule has 0 aromatic carbocycles. The molecule has 1 aliphatic rings. The van der Waals surface area contributed by atoms with Gasteiger partial charge >= 0.3 is 0 Å². The topological polar surface area (TPSA) is 44.6 Å². The van der Waals surface area contributed by atoms with Crippen LogP contribution in [-0.2, 0) is 4.79 Å². The number of likely N-dealkylation sites (tertiary alicyclic amines) is 1. The van der Waals surface area contributed by atoms with Crippen LogP contribution in [0.5, 0.6) is 0 Å². The number of carboxylic acid groups (broad SMARTS) is 1. The Hall–Kier alpha value is -0.570. The monoisotopic (exact) mass is 201 g/mol. The van der Waals surface area contributed by atoms with E-state index < -0.39 is 5.97 Å². The number of nitrogens with one attached hydrogen (secondary N) is 1. The van der Waals surface area contributed by atoms with Gasteiger partial charge in [0, 0.05) is 18.8 Å². The molecule has 0 spiro atoms. The van der Waals surface area contributed by atoms with Gasteiger partial charge in [-0.05, 0) is 20.3 Å². The van der Waals surface area contributed by atoms with Gasteiger partial charge in [-0.1, -0.05) is 13.3 Å². The molecule has 1 aliphatic heterocycles. The summed E-state index contributed by atoms with van der Waals surface area (Å²) in [5.41, 5.74) is 0. The third-order valence-electron chi connectivity index (χ3n) is 2.72. The van der Waals surface area contributed by atoms with Crippen LogP contribution in [0.1, 0.15) is 46.5 Å². The summed E-state index contributed by atoms with van der Waals surface area (Å²) < 4.78 is 0. The Balaban J connectivity index is 0.000000364. The van der Waals surface area contributed by atoms with Gasteiger partial charge in [0.2, 0.25) is 0 Å². The predicted octanol–water partition coefficient (Wildman–Crippen LogP) is -0.390. The third kappa shape index (κ3) is 5.97. The molecule has 3 nitrogen and oxygen atoms in total. The molecule has 3 heteroatoms. The molecule has 84 valence electrons. The van der Waals surface area contributed by atoms with Crippen molar-refractivity contribution in [2.24, 2.45) is 0 Å². The minimum atomic E-state index is -1.08. The summed E-state index contributed by atoms with van der Waals surface area (Å²) in [6.45, 7) is 8.35. The van der Waals surface area contributed by atoms with Gasteiger partial charge in [-0.3, -0.25) is 0 Å². The fraction of sp³-hybridized carbons (Fsp3) is 0.909. The van der Waals surface area contributed by atoms with Gasteiger partial charge in [0.1, 0.15) is 0 Å². The van der Waals surface area contributed by atoms with E-state index in [0.29, 0.717) is 0 Å². The normalized spacial score (nSPS) is 25.4. The fourth-order valence-electron chi connectivity index (χ4n) is 2.15. The highest BCUT2D eigenvalue weighted by Gasteiger charge is 2.25. The molecule has 0 aliphatic carbocycles. The third-order valence-corrected chi connectivity index (χ3v) is 2.72. The van der Waals surface area contributed by atoms with Gasteiger partial charge in [-0.25, -0.2) is 0 Å². The predicted molar refractivity (Wildman–Crippen MR) is 55.0 cm³/mol. The highest BCUT2D eigenvalue weighted by atomic mass is 16.4. The van der Waals surface area contributed by atoms with Crippen molar-refractivity contribution < 1.29 is 14.8 Å². The van der Waals surface area contributed by atoms with Gasteiger partial charge in [-0.2, -0.15) is 0 Å². The molecule has 14 heavy (non-hydrogen) atoms. The van der Waals surface area contributed by atoms with E-state index in [1.807, 2.05) is 4.90 Å². The molecule has 0 aromatic rings. The standard InChI is InChI=1S/C9H19N.C2H4O2/c1-3-6-9-7-5-8-10(9)4-2;1-2(3)4/h9H,3-8H2,1-2H3;1H3,(H,3,4). The molecular formula is C11H23NO2. The Morgan fingerprint density at radius 1 is 1.50 bits per heavy atom. The summed E-state index contributed by atoms with van der Waals surface area (Å²) in [5.74, 6) is -1.08. The first-order valence-electron chi connectivity index (χ1n) is 5.63. The van der Waals surface area contributed by atoms with Crippen molar-refractivity contribution in [3.05, 3.63) is 0 Å². The van der Waals surface area contributed by atoms with Crippen molar-refractivity contribution in [2.75, 3.05) is 13.1 Å². The lowest BCUT2D eigenvalue weighted by atomic mass is 10.1. The zero-order chi connectivity index (χ0) is 11.0. The first-order valence-corrected chi connectivity index (χ1v) is 5.63. The van der Waals surface area contributed by atoms with E-state index in [4.69, 9.17) is 9.90 Å². The van der Waals surface area contributed by atoms with E-state index in [1.54, 1.807) is 0 Å². The average molecular weight is 201 g/mol. The second-order valence-electron chi connectivity index (χ2n) is 3.88. The van der Waals surface area contributed by atoms with Gasteiger partial charge in [0.15, 0.2) is 0 Å². The summed E-state index contributed by atoms with van der Waals surface area (Å²) in [4.78, 5) is 10.7. The number of hydrogen-bond acceptors (Lipinski definition) is 2. The number of rotatable bonds is 3. The van der Waals surface area contributed by atoms with Crippen LogP contribution in [0.2, 0.25) is 0 Å². The molecule has 1 rings (SSSR count). The van der Waals surface area contributed by atoms with E-state index in [9.17, 15) is 0 Å². The number of quaternary nitrogens is 1. The molecule has 0 saturated carbocycles. The second kappa shape index (κ2) is 7.80. The second-order valence-corrected chi connectivity index (χ2v) is 3.88. The molecule has 0 aromatic heterocycles. The lowest BCUT2D eigenvalue weighted by molar-refractivity contribution is -0.910. The van der Waals surface area contributed by atoms with E-state index in [-0.39, 0.29) is 0 Å². The minimum Gasteiger partial charge on any atom is -0.550 e. The highest BCUT2D eigenvalue weighted by molar-refractivity contribution is 5.60. The average Bonchev–Trinajstić information content (AvgIpc) is 2.51. The number of carbonyl (C=O) groups excluding carboxylic acids is 1. The number of carboxylic acids is 1. The van der Waals surface area contributed by atoms with Crippen molar-refractivity contribution >= 4 is 5.97 Å². The zero-order valence-corrected chi connectivity index (χ0v) is 9.64. The molecule has 1 fully saturated rings. The van der Waals surface area contributed by atoms with Crippen LogP contribution < -0.4 is 10.0 Å². The van der Waals surface area contributed by atoms with Crippen LogP contribution in [0, 0.1) is 0 Å². The fourth-order valence-corrected chi connectivity index (χ4v) is 2.15. The van der Waals surface area contributed by atoms with Crippen LogP contribution in [0.15, 0.2) is 0 Å². The quantitative estimate of drug-likeness (QED) is 0.676. The molecule has 0 amide bonds. The molecule has 2 atom stereocenters. The SMILES string of the molecule is CC(=O)[O-].CCCC1CCC[NH+]1CC. The zero-order valence-electron chi connectivity index (χ0n) is 9.64. The lowest BCUT2D eigenvalue weighted by Crippen LogP contribution is -3.13. The van der Waals surface area contributed by atoms with Crippen LogP contribution in [0.25, 0.3) is 0 Å². The Bertz CT molecular complexity index is 155. The Morgan fingerprint density at radius 3 is 2.50 bits per heavy atom. The number of carbonyl (C=O) groups is 1. The van der Waals surface area contributed by atoms with E-state index in [2.05, 4.69) is 13.8 Å². The molecular weight excluding hydrogens is 178 g/mol. The van der Waals surface area contributed by atoms with Crippen LogP contribution in [0.3, 0.4) is 0 Å². The van der Waals surface area contributed by atoms with E-state index >= 15 is 0 Å². The summed E-state index contributed by atoms with van der Waals surface area (Å²) in [6, 6.07) is 1.01. The van der Waals surface area contributed by atoms with E-state index in [1.165, 1.54) is 38.8 Å². The van der Waals surface area contributed by atoms with Crippen LogP contribution in [0.4, 0.5) is 0 Å². The Morgan fingerprint density at radius 2 is 2.07 bits per heavy atom. The summed E-state index contributed by atoms with van der Waals surface area (Å²) in [6.07, 6.45) is 5.77.